The number of benzene rings is 2. The van der Waals surface area contributed by atoms with Gasteiger partial charge in [0.2, 0.25) is 11.1 Å². The number of amides is 1. The third kappa shape index (κ3) is 5.15. The molecule has 0 aliphatic carbocycles. The number of hydrogen-bond donors (Lipinski definition) is 0. The molecule has 1 saturated heterocycles. The lowest BCUT2D eigenvalue weighted by molar-refractivity contribution is -0.113. The molecule has 0 saturated carbocycles. The van der Waals surface area contributed by atoms with E-state index in [4.69, 9.17) is 44.9 Å². The fourth-order valence-corrected chi connectivity index (χ4v) is 4.54. The molecule has 174 valence electrons. The molecular weight excluding hydrogens is 527 g/mol. The number of carbonyl (C=O) groups excluding carboxylic acids is 1. The van der Waals surface area contributed by atoms with E-state index in [0.29, 0.717) is 28.5 Å². The van der Waals surface area contributed by atoms with Gasteiger partial charge in [0.15, 0.2) is 15.8 Å². The highest BCUT2D eigenvalue weighted by Crippen LogP contribution is 2.39. The molecule has 1 aliphatic rings. The lowest BCUT2D eigenvalue weighted by Crippen LogP contribution is -2.27. The Morgan fingerprint density at radius 3 is 2.68 bits per heavy atom. The molecule has 1 aliphatic heterocycles. The topological polar surface area (TPSA) is 64.5 Å². The van der Waals surface area contributed by atoms with Gasteiger partial charge in [0.1, 0.15) is 5.82 Å². The second kappa shape index (κ2) is 10.2. The number of hydrogen-bond acceptors (Lipinski definition) is 7. The third-order valence-electron chi connectivity index (χ3n) is 4.41. The predicted octanol–water partition coefficient (Wildman–Crippen LogP) is 6.66. The zero-order valence-electron chi connectivity index (χ0n) is 17.2. The number of thiocarbonyl (C=S) groups is 1. The monoisotopic (exact) mass is 539 g/mol. The number of aromatic nitrogens is 2. The van der Waals surface area contributed by atoms with E-state index < -0.39 is 11.6 Å². The van der Waals surface area contributed by atoms with Crippen LogP contribution in [0.15, 0.2) is 47.5 Å². The van der Waals surface area contributed by atoms with Crippen LogP contribution in [0.25, 0.3) is 6.08 Å². The lowest BCUT2D eigenvalue weighted by atomic mass is 10.1. The number of nitrogens with zero attached hydrogens (tertiary/aromatic N) is 3. The maximum atomic E-state index is 14.0. The van der Waals surface area contributed by atoms with Crippen LogP contribution in [0.1, 0.15) is 12.5 Å². The molecule has 4 rings (SSSR count). The number of carbonyl (C=O) groups is 1. The fraction of sp³-hybridized carbons (Fsp3) is 0.0909. The van der Waals surface area contributed by atoms with Gasteiger partial charge in [0.05, 0.1) is 28.4 Å². The van der Waals surface area contributed by atoms with E-state index in [-0.39, 0.29) is 32.2 Å². The molecule has 12 heteroatoms. The molecule has 2 heterocycles. The van der Waals surface area contributed by atoms with Gasteiger partial charge in [-0.3, -0.25) is 9.69 Å². The molecule has 0 spiro atoms. The van der Waals surface area contributed by atoms with Crippen molar-refractivity contribution in [2.45, 2.75) is 6.92 Å². The molecule has 0 unspecified atom stereocenters. The molecule has 0 atom stereocenters. The van der Waals surface area contributed by atoms with Crippen molar-refractivity contribution in [2.24, 2.45) is 0 Å². The molecule has 1 aromatic heterocycles. The molecule has 6 nitrogen and oxygen atoms in total. The van der Waals surface area contributed by atoms with E-state index in [9.17, 15) is 13.6 Å². The summed E-state index contributed by atoms with van der Waals surface area (Å²) < 4.78 is 38.9. The van der Waals surface area contributed by atoms with Crippen molar-refractivity contribution >= 4 is 69.2 Å². The van der Waals surface area contributed by atoms with Crippen molar-refractivity contribution < 1.29 is 23.0 Å². The van der Waals surface area contributed by atoms with E-state index in [1.54, 1.807) is 31.2 Å². The van der Waals surface area contributed by atoms with Crippen molar-refractivity contribution in [1.82, 2.24) is 9.97 Å². The first-order valence-electron chi connectivity index (χ1n) is 9.62. The Morgan fingerprint density at radius 1 is 1.15 bits per heavy atom. The van der Waals surface area contributed by atoms with Gasteiger partial charge in [0.25, 0.3) is 11.8 Å². The minimum Gasteiger partial charge on any atom is -0.490 e. The van der Waals surface area contributed by atoms with Crippen LogP contribution >= 0.6 is 47.2 Å². The van der Waals surface area contributed by atoms with Crippen molar-refractivity contribution in [3.63, 3.8) is 0 Å². The minimum atomic E-state index is -0.791. The summed E-state index contributed by atoms with van der Waals surface area (Å²) in [6.45, 7) is 2.08. The summed E-state index contributed by atoms with van der Waals surface area (Å²) in [5.41, 5.74) is 0.969. The summed E-state index contributed by atoms with van der Waals surface area (Å²) in [5, 5.41) is -0.288. The number of ether oxygens (including phenoxy) is 2. The average Bonchev–Trinajstić information content (AvgIpc) is 3.07. The number of rotatable bonds is 6. The SMILES string of the molecule is CCOc1cc(/C=C2/SC(=S)N(c3ccc(F)c(Cl)c3)C2=O)ccc1Oc1nc(Cl)ncc1F. The summed E-state index contributed by atoms with van der Waals surface area (Å²) in [5.74, 6) is -1.63. The van der Waals surface area contributed by atoms with Crippen LogP contribution in [0.5, 0.6) is 17.4 Å². The third-order valence-corrected chi connectivity index (χ3v) is 6.18. The van der Waals surface area contributed by atoms with Gasteiger partial charge in [-0.25, -0.2) is 9.37 Å². The van der Waals surface area contributed by atoms with E-state index in [2.05, 4.69) is 9.97 Å². The van der Waals surface area contributed by atoms with Gasteiger partial charge in [-0.05, 0) is 60.5 Å². The first-order chi connectivity index (χ1) is 16.3. The van der Waals surface area contributed by atoms with Crippen LogP contribution in [0, 0.1) is 11.6 Å². The number of anilines is 1. The summed E-state index contributed by atoms with van der Waals surface area (Å²) in [4.78, 5) is 21.9. The molecule has 0 radical (unpaired) electrons. The Bertz CT molecular complexity index is 1340. The van der Waals surface area contributed by atoms with E-state index >= 15 is 0 Å². The van der Waals surface area contributed by atoms with Crippen LogP contribution in [0.4, 0.5) is 14.5 Å². The van der Waals surface area contributed by atoms with Crippen LogP contribution in [0.3, 0.4) is 0 Å². The quantitative estimate of drug-likeness (QED) is 0.197. The largest absolute Gasteiger partial charge is 0.490 e. The van der Waals surface area contributed by atoms with Crippen molar-refractivity contribution in [2.75, 3.05) is 11.5 Å². The Labute approximate surface area is 212 Å². The Hall–Kier alpha value is -2.79. The standard InChI is InChI=1S/C22H13Cl2F2N3O3S2/c1-2-31-17-7-11(3-6-16(17)32-19-15(26)10-27-21(24)28-19)8-18-20(30)29(22(33)34-18)12-4-5-14(25)13(23)9-12/h3-10H,2H2,1H3/b18-8+. The Morgan fingerprint density at radius 2 is 1.94 bits per heavy atom. The van der Waals surface area contributed by atoms with Crippen LogP contribution in [-0.2, 0) is 4.79 Å². The molecular formula is C22H13Cl2F2N3O3S2. The summed E-state index contributed by atoms with van der Waals surface area (Å²) >= 11 is 18.0. The number of halogens is 4. The van der Waals surface area contributed by atoms with Gasteiger partial charge < -0.3 is 9.47 Å². The molecule has 2 aromatic carbocycles. The van der Waals surface area contributed by atoms with Crippen LogP contribution in [-0.4, -0.2) is 26.8 Å². The maximum absolute atomic E-state index is 14.0. The van der Waals surface area contributed by atoms with Gasteiger partial charge >= 0.3 is 0 Å². The zero-order valence-corrected chi connectivity index (χ0v) is 20.4. The molecule has 3 aromatic rings. The van der Waals surface area contributed by atoms with Gasteiger partial charge in [-0.15, -0.1) is 0 Å². The van der Waals surface area contributed by atoms with Gasteiger partial charge in [-0.2, -0.15) is 9.37 Å². The fourth-order valence-electron chi connectivity index (χ4n) is 2.94. The van der Waals surface area contributed by atoms with Crippen molar-refractivity contribution in [1.29, 1.82) is 0 Å². The van der Waals surface area contributed by atoms with Crippen molar-refractivity contribution in [3.05, 3.63) is 75.0 Å². The zero-order chi connectivity index (χ0) is 24.4. The van der Waals surface area contributed by atoms with Gasteiger partial charge in [0, 0.05) is 0 Å². The van der Waals surface area contributed by atoms with Gasteiger partial charge in [-0.1, -0.05) is 41.6 Å². The van der Waals surface area contributed by atoms with E-state index in [1.807, 2.05) is 0 Å². The summed E-state index contributed by atoms with van der Waals surface area (Å²) in [6, 6.07) is 8.75. The molecule has 1 amide bonds. The highest BCUT2D eigenvalue weighted by molar-refractivity contribution is 8.27. The Kier molecular flexibility index (Phi) is 7.32. The van der Waals surface area contributed by atoms with E-state index in [1.165, 1.54) is 23.1 Å². The second-order valence-corrected chi connectivity index (χ2v) is 9.07. The maximum Gasteiger partial charge on any atom is 0.270 e. The average molecular weight is 540 g/mol. The molecule has 0 bridgehead atoms. The predicted molar refractivity (Wildman–Crippen MR) is 132 cm³/mol. The minimum absolute atomic E-state index is 0.117. The second-order valence-electron chi connectivity index (χ2n) is 6.65. The van der Waals surface area contributed by atoms with Crippen molar-refractivity contribution in [3.8, 4) is 17.4 Å². The smallest absolute Gasteiger partial charge is 0.270 e. The highest BCUT2D eigenvalue weighted by atomic mass is 35.5. The van der Waals surface area contributed by atoms with Crippen LogP contribution < -0.4 is 14.4 Å². The lowest BCUT2D eigenvalue weighted by Gasteiger charge is -2.15. The first-order valence-corrected chi connectivity index (χ1v) is 11.6. The Balaban J connectivity index is 1.63. The summed E-state index contributed by atoms with van der Waals surface area (Å²) in [7, 11) is 0. The summed E-state index contributed by atoms with van der Waals surface area (Å²) in [6.07, 6.45) is 2.52. The first kappa shape index (κ1) is 24.3. The highest BCUT2D eigenvalue weighted by Gasteiger charge is 2.33. The number of thioether (sulfide) groups is 1. The normalized spacial score (nSPS) is 14.7. The molecule has 1 fully saturated rings. The van der Waals surface area contributed by atoms with E-state index in [0.717, 1.165) is 18.0 Å². The molecule has 34 heavy (non-hydrogen) atoms. The van der Waals surface area contributed by atoms with Crippen LogP contribution in [0.2, 0.25) is 10.3 Å². The molecule has 0 N–H and O–H groups in total.